The number of piperazine rings is 1. The van der Waals surface area contributed by atoms with E-state index in [2.05, 4.69) is 44.3 Å². The Morgan fingerprint density at radius 3 is 2.40 bits per heavy atom. The molecule has 1 aromatic carbocycles. The number of rotatable bonds is 4. The summed E-state index contributed by atoms with van der Waals surface area (Å²) in [5.41, 5.74) is 2.26. The van der Waals surface area contributed by atoms with E-state index in [1.165, 1.54) is 29.8 Å². The molecular weight excluding hydrogens is 330 g/mol. The van der Waals surface area contributed by atoms with E-state index in [1.807, 2.05) is 17.4 Å². The molecule has 2 aliphatic rings. The number of anilines is 2. The van der Waals surface area contributed by atoms with Crippen LogP contribution in [0.1, 0.15) is 24.1 Å². The molecule has 0 bridgehead atoms. The fraction of sp³-hybridized carbons (Fsp3) is 0.500. The summed E-state index contributed by atoms with van der Waals surface area (Å²) < 4.78 is 0. The third kappa shape index (κ3) is 3.93. The lowest BCUT2D eigenvalue weighted by molar-refractivity contribution is 0.251. The number of benzene rings is 1. The second-order valence-corrected chi connectivity index (χ2v) is 8.10. The average Bonchev–Trinajstić information content (AvgIpc) is 3.17. The molecule has 2 aliphatic heterocycles. The Balaban J connectivity index is 1.41. The maximum Gasteiger partial charge on any atom is 0.139 e. The second kappa shape index (κ2) is 7.67. The van der Waals surface area contributed by atoms with Gasteiger partial charge in [-0.05, 0) is 48.9 Å². The maximum atomic E-state index is 10.4. The monoisotopic (exact) mass is 357 g/mol. The molecule has 0 amide bonds. The van der Waals surface area contributed by atoms with Gasteiger partial charge in [0.05, 0.1) is 5.69 Å². The second-order valence-electron chi connectivity index (χ2n) is 7.06. The topological polar surface area (TPSA) is 30.0 Å². The Labute approximate surface area is 154 Å². The Bertz CT molecular complexity index is 674. The van der Waals surface area contributed by atoms with E-state index in [0.29, 0.717) is 5.75 Å². The van der Waals surface area contributed by atoms with Crippen LogP contribution >= 0.6 is 11.3 Å². The molecule has 5 heteroatoms. The predicted molar refractivity (Wildman–Crippen MR) is 106 cm³/mol. The standard InChI is InChI=1S/C20H27N3OS/c24-20-7-6-17(22-8-2-1-3-9-22)15-19(20)23-12-10-21(11-13-23)16-18-5-4-14-25-18/h4-7,14-15,24H,1-3,8-13,16H2. The minimum absolute atomic E-state index is 0.410. The summed E-state index contributed by atoms with van der Waals surface area (Å²) in [7, 11) is 0. The molecule has 0 atom stereocenters. The normalized spacial score (nSPS) is 19.4. The summed E-state index contributed by atoms with van der Waals surface area (Å²) >= 11 is 1.83. The van der Waals surface area contributed by atoms with Crippen LogP contribution in [0.15, 0.2) is 35.7 Å². The highest BCUT2D eigenvalue weighted by Gasteiger charge is 2.21. The highest BCUT2D eigenvalue weighted by Crippen LogP contribution is 2.33. The Morgan fingerprint density at radius 1 is 0.880 bits per heavy atom. The predicted octanol–water partition coefficient (Wildman–Crippen LogP) is 3.77. The Kier molecular flexibility index (Phi) is 5.13. The van der Waals surface area contributed by atoms with Crippen molar-refractivity contribution in [2.75, 3.05) is 49.1 Å². The summed E-state index contributed by atoms with van der Waals surface area (Å²) in [5.74, 6) is 0.410. The van der Waals surface area contributed by atoms with E-state index in [4.69, 9.17) is 0 Å². The lowest BCUT2D eigenvalue weighted by atomic mass is 10.1. The average molecular weight is 358 g/mol. The molecule has 0 unspecified atom stereocenters. The van der Waals surface area contributed by atoms with Crippen LogP contribution in [-0.4, -0.2) is 49.3 Å². The molecule has 0 aliphatic carbocycles. The minimum atomic E-state index is 0.410. The van der Waals surface area contributed by atoms with Gasteiger partial charge in [0.2, 0.25) is 0 Å². The summed E-state index contributed by atoms with van der Waals surface area (Å²) in [6, 6.07) is 10.5. The first kappa shape index (κ1) is 16.7. The van der Waals surface area contributed by atoms with Crippen molar-refractivity contribution in [3.63, 3.8) is 0 Å². The zero-order valence-corrected chi connectivity index (χ0v) is 15.5. The highest BCUT2D eigenvalue weighted by atomic mass is 32.1. The van der Waals surface area contributed by atoms with Crippen molar-refractivity contribution in [2.45, 2.75) is 25.8 Å². The molecule has 2 fully saturated rings. The largest absolute Gasteiger partial charge is 0.506 e. The van der Waals surface area contributed by atoms with Crippen molar-refractivity contribution in [2.24, 2.45) is 0 Å². The van der Waals surface area contributed by atoms with Crippen LogP contribution in [0.25, 0.3) is 0 Å². The van der Waals surface area contributed by atoms with E-state index in [1.54, 1.807) is 0 Å². The number of hydrogen-bond acceptors (Lipinski definition) is 5. The summed E-state index contributed by atoms with van der Waals surface area (Å²) in [4.78, 5) is 8.74. The first-order chi connectivity index (χ1) is 12.3. The van der Waals surface area contributed by atoms with Crippen LogP contribution in [-0.2, 0) is 6.54 Å². The van der Waals surface area contributed by atoms with Gasteiger partial charge in [-0.15, -0.1) is 11.3 Å². The lowest BCUT2D eigenvalue weighted by Gasteiger charge is -2.37. The van der Waals surface area contributed by atoms with Gasteiger partial charge in [-0.1, -0.05) is 6.07 Å². The quantitative estimate of drug-likeness (QED) is 0.902. The molecule has 134 valence electrons. The van der Waals surface area contributed by atoms with Crippen molar-refractivity contribution < 1.29 is 5.11 Å². The Morgan fingerprint density at radius 2 is 1.68 bits per heavy atom. The van der Waals surface area contributed by atoms with E-state index in [9.17, 15) is 5.11 Å². The fourth-order valence-corrected chi connectivity index (χ4v) is 4.63. The summed E-state index contributed by atoms with van der Waals surface area (Å²) in [6.07, 6.45) is 3.89. The lowest BCUT2D eigenvalue weighted by Crippen LogP contribution is -2.46. The summed E-state index contributed by atoms with van der Waals surface area (Å²) in [6.45, 7) is 7.37. The molecule has 1 aromatic heterocycles. The number of phenols is 1. The van der Waals surface area contributed by atoms with E-state index in [-0.39, 0.29) is 0 Å². The van der Waals surface area contributed by atoms with Crippen LogP contribution in [0.5, 0.6) is 5.75 Å². The van der Waals surface area contributed by atoms with E-state index < -0.39 is 0 Å². The van der Waals surface area contributed by atoms with Crippen molar-refractivity contribution in [1.82, 2.24) is 4.90 Å². The number of piperidine rings is 1. The third-order valence-electron chi connectivity index (χ3n) is 5.35. The van der Waals surface area contributed by atoms with Crippen LogP contribution < -0.4 is 9.80 Å². The highest BCUT2D eigenvalue weighted by molar-refractivity contribution is 7.09. The third-order valence-corrected chi connectivity index (χ3v) is 6.21. The minimum Gasteiger partial charge on any atom is -0.506 e. The first-order valence-electron chi connectivity index (χ1n) is 9.37. The molecule has 4 rings (SSSR count). The van der Waals surface area contributed by atoms with Gasteiger partial charge in [-0.3, -0.25) is 4.90 Å². The molecule has 0 saturated carbocycles. The molecular formula is C20H27N3OS. The SMILES string of the molecule is Oc1ccc(N2CCCCC2)cc1N1CCN(Cc2cccs2)CC1. The zero-order valence-electron chi connectivity index (χ0n) is 14.7. The maximum absolute atomic E-state index is 10.4. The number of nitrogens with zero attached hydrogens (tertiary/aromatic N) is 3. The van der Waals surface area contributed by atoms with Crippen molar-refractivity contribution >= 4 is 22.7 Å². The zero-order chi connectivity index (χ0) is 17.1. The summed E-state index contributed by atoms with van der Waals surface area (Å²) in [5, 5.41) is 12.5. The van der Waals surface area contributed by atoms with Crippen molar-refractivity contribution in [3.05, 3.63) is 40.6 Å². The van der Waals surface area contributed by atoms with Crippen LogP contribution in [0, 0.1) is 0 Å². The molecule has 4 nitrogen and oxygen atoms in total. The molecule has 1 N–H and O–H groups in total. The van der Waals surface area contributed by atoms with Gasteiger partial charge in [-0.25, -0.2) is 0 Å². The van der Waals surface area contributed by atoms with Gasteiger partial charge in [0, 0.05) is 56.4 Å². The van der Waals surface area contributed by atoms with Gasteiger partial charge >= 0.3 is 0 Å². The molecule has 0 spiro atoms. The van der Waals surface area contributed by atoms with Gasteiger partial charge in [0.1, 0.15) is 5.75 Å². The van der Waals surface area contributed by atoms with Crippen LogP contribution in [0.4, 0.5) is 11.4 Å². The van der Waals surface area contributed by atoms with Gasteiger partial charge in [0.25, 0.3) is 0 Å². The number of thiophene rings is 1. The number of hydrogen-bond donors (Lipinski definition) is 1. The first-order valence-corrected chi connectivity index (χ1v) is 10.3. The number of aromatic hydroxyl groups is 1. The number of phenolic OH excluding ortho intramolecular Hbond substituents is 1. The van der Waals surface area contributed by atoms with E-state index >= 15 is 0 Å². The van der Waals surface area contributed by atoms with Crippen LogP contribution in [0.2, 0.25) is 0 Å². The van der Waals surface area contributed by atoms with Crippen molar-refractivity contribution in [3.8, 4) is 5.75 Å². The Hall–Kier alpha value is -1.72. The fourth-order valence-electron chi connectivity index (χ4n) is 3.88. The van der Waals surface area contributed by atoms with Gasteiger partial charge < -0.3 is 14.9 Å². The molecule has 2 saturated heterocycles. The van der Waals surface area contributed by atoms with Crippen LogP contribution in [0.3, 0.4) is 0 Å². The molecule has 25 heavy (non-hydrogen) atoms. The van der Waals surface area contributed by atoms with Gasteiger partial charge in [-0.2, -0.15) is 0 Å². The smallest absolute Gasteiger partial charge is 0.139 e. The van der Waals surface area contributed by atoms with Gasteiger partial charge in [0.15, 0.2) is 0 Å². The van der Waals surface area contributed by atoms with Crippen molar-refractivity contribution in [1.29, 1.82) is 0 Å². The molecule has 3 heterocycles. The molecule has 2 aromatic rings. The van der Waals surface area contributed by atoms with E-state index in [0.717, 1.165) is 51.5 Å². The molecule has 0 radical (unpaired) electrons.